The molecule has 0 amide bonds. The van der Waals surface area contributed by atoms with Crippen LogP contribution in [-0.2, 0) is 28.6 Å². The molecule has 9 atom stereocenters. The minimum Gasteiger partial charge on any atom is -0.472 e. The average Bonchev–Trinajstić information content (AvgIpc) is 3.27. The van der Waals surface area contributed by atoms with Gasteiger partial charge in [-0.2, -0.15) is 0 Å². The monoisotopic (exact) mass is 482 g/mol. The summed E-state index contributed by atoms with van der Waals surface area (Å²) in [4.78, 5) is 38.7. The Hall–Kier alpha value is -2.41. The highest BCUT2D eigenvalue weighted by atomic mass is 16.6. The number of carbonyl (C=O) groups is 3. The Morgan fingerprint density at radius 1 is 1.11 bits per heavy atom. The van der Waals surface area contributed by atoms with Gasteiger partial charge in [-0.15, -0.1) is 0 Å². The third kappa shape index (κ3) is 2.53. The van der Waals surface area contributed by atoms with Crippen molar-refractivity contribution >= 4 is 17.7 Å². The molecule has 0 unspecified atom stereocenters. The summed E-state index contributed by atoms with van der Waals surface area (Å²) in [6.45, 7) is 11.8. The highest BCUT2D eigenvalue weighted by molar-refractivity contribution is 5.98. The SMILES string of the molecule is CC(=O)O[C@@H]1C[C@@H]2C(C)(C)OC(=O)C=C[C@@]2(C)[C@@H]2CC[C@@]3(C)[C@H](c4ccoc4)C(=O)[C@H]4O[C@]43[C@@]12C. The van der Waals surface area contributed by atoms with Gasteiger partial charge in [0.15, 0.2) is 5.78 Å². The number of hydrogen-bond donors (Lipinski definition) is 0. The topological polar surface area (TPSA) is 95.3 Å². The number of esters is 2. The molecule has 3 heterocycles. The molecule has 0 radical (unpaired) electrons. The van der Waals surface area contributed by atoms with Crippen molar-refractivity contribution in [2.24, 2.45) is 28.1 Å². The van der Waals surface area contributed by atoms with Gasteiger partial charge in [0.1, 0.15) is 23.4 Å². The average molecular weight is 483 g/mol. The van der Waals surface area contributed by atoms with Crippen LogP contribution < -0.4 is 0 Å². The Kier molecular flexibility index (Phi) is 4.38. The second-order valence-corrected chi connectivity index (χ2v) is 12.5. The number of furan rings is 1. The van der Waals surface area contributed by atoms with Gasteiger partial charge < -0.3 is 18.6 Å². The second-order valence-electron chi connectivity index (χ2n) is 12.5. The number of cyclic esters (lactones) is 1. The first kappa shape index (κ1) is 23.0. The van der Waals surface area contributed by atoms with Crippen LogP contribution in [0.1, 0.15) is 72.3 Å². The molecule has 7 heteroatoms. The van der Waals surface area contributed by atoms with Gasteiger partial charge in [-0.25, -0.2) is 4.79 Å². The molecule has 2 aliphatic heterocycles. The number of ether oxygens (including phenoxy) is 3. The molecule has 5 aliphatic rings. The van der Waals surface area contributed by atoms with Crippen LogP contribution in [0, 0.1) is 28.1 Å². The number of Topliss-reactive ketones (excluding diaryl/α,β-unsaturated/α-hetero) is 1. The number of allylic oxidation sites excluding steroid dienone is 1. The maximum Gasteiger partial charge on any atom is 0.330 e. The summed E-state index contributed by atoms with van der Waals surface area (Å²) in [5, 5.41) is 0. The molecule has 1 saturated heterocycles. The minimum atomic E-state index is -0.759. The Morgan fingerprint density at radius 3 is 2.51 bits per heavy atom. The lowest BCUT2D eigenvalue weighted by Crippen LogP contribution is -2.69. The van der Waals surface area contributed by atoms with Crippen molar-refractivity contribution in [2.45, 2.75) is 90.1 Å². The van der Waals surface area contributed by atoms with E-state index in [-0.39, 0.29) is 35.5 Å². The summed E-state index contributed by atoms with van der Waals surface area (Å²) >= 11 is 0. The lowest BCUT2D eigenvalue weighted by atomic mass is 9.38. The fourth-order valence-electron chi connectivity index (χ4n) is 9.48. The van der Waals surface area contributed by atoms with Crippen LogP contribution in [-0.4, -0.2) is 41.1 Å². The van der Waals surface area contributed by atoms with Crippen LogP contribution in [0.2, 0.25) is 0 Å². The fourth-order valence-corrected chi connectivity index (χ4v) is 9.48. The van der Waals surface area contributed by atoms with E-state index in [2.05, 4.69) is 20.8 Å². The summed E-state index contributed by atoms with van der Waals surface area (Å²) in [5.74, 6) is -1.01. The van der Waals surface area contributed by atoms with Crippen molar-refractivity contribution in [3.05, 3.63) is 36.3 Å². The second kappa shape index (κ2) is 6.67. The third-order valence-electron chi connectivity index (χ3n) is 10.7. The molecular formula is C28H34O7. The molecule has 3 saturated carbocycles. The zero-order chi connectivity index (χ0) is 25.2. The van der Waals surface area contributed by atoms with Crippen LogP contribution in [0.5, 0.6) is 0 Å². The van der Waals surface area contributed by atoms with Gasteiger partial charge in [0.05, 0.1) is 18.4 Å². The predicted octanol–water partition coefficient (Wildman–Crippen LogP) is 4.36. The van der Waals surface area contributed by atoms with E-state index in [0.29, 0.717) is 6.42 Å². The Morgan fingerprint density at radius 2 is 1.86 bits per heavy atom. The summed E-state index contributed by atoms with van der Waals surface area (Å²) in [7, 11) is 0. The van der Waals surface area contributed by atoms with Gasteiger partial charge in [-0.1, -0.05) is 26.8 Å². The highest BCUT2D eigenvalue weighted by Crippen LogP contribution is 2.81. The maximum absolute atomic E-state index is 13.8. The number of epoxide rings is 1. The van der Waals surface area contributed by atoms with Crippen molar-refractivity contribution < 1.29 is 33.0 Å². The van der Waals surface area contributed by atoms with Gasteiger partial charge in [0.25, 0.3) is 0 Å². The Bertz CT molecular complexity index is 1150. The predicted molar refractivity (Wildman–Crippen MR) is 124 cm³/mol. The molecule has 3 aliphatic carbocycles. The van der Waals surface area contributed by atoms with E-state index in [9.17, 15) is 14.4 Å². The molecule has 1 spiro atoms. The summed E-state index contributed by atoms with van der Waals surface area (Å²) < 4.78 is 23.9. The molecule has 6 rings (SSSR count). The van der Waals surface area contributed by atoms with Gasteiger partial charge >= 0.3 is 11.9 Å². The highest BCUT2D eigenvalue weighted by Gasteiger charge is 2.89. The van der Waals surface area contributed by atoms with Crippen LogP contribution in [0.15, 0.2) is 35.2 Å². The van der Waals surface area contributed by atoms with E-state index in [1.165, 1.54) is 6.92 Å². The normalized spacial score (nSPS) is 49.1. The van der Waals surface area contributed by atoms with Gasteiger partial charge in [0.2, 0.25) is 0 Å². The molecule has 0 N–H and O–H groups in total. The molecule has 4 fully saturated rings. The summed E-state index contributed by atoms with van der Waals surface area (Å²) in [6, 6.07) is 1.88. The number of rotatable bonds is 2. The van der Waals surface area contributed by atoms with E-state index in [4.69, 9.17) is 18.6 Å². The molecule has 188 valence electrons. The molecule has 1 aromatic rings. The van der Waals surface area contributed by atoms with E-state index < -0.39 is 39.7 Å². The van der Waals surface area contributed by atoms with Crippen molar-refractivity contribution in [3.63, 3.8) is 0 Å². The number of carbonyl (C=O) groups excluding carboxylic acids is 3. The summed E-state index contributed by atoms with van der Waals surface area (Å²) in [5.41, 5.74) is -2.14. The molecule has 0 bridgehead atoms. The lowest BCUT2D eigenvalue weighted by Gasteiger charge is -2.66. The zero-order valence-corrected chi connectivity index (χ0v) is 21.3. The first-order chi connectivity index (χ1) is 16.3. The minimum absolute atomic E-state index is 0.0112. The maximum atomic E-state index is 13.8. The number of ketones is 1. The Labute approximate surface area is 205 Å². The van der Waals surface area contributed by atoms with Crippen molar-refractivity contribution in [1.29, 1.82) is 0 Å². The lowest BCUT2D eigenvalue weighted by molar-refractivity contribution is -0.239. The van der Waals surface area contributed by atoms with Crippen LogP contribution in [0.4, 0.5) is 0 Å². The van der Waals surface area contributed by atoms with Crippen molar-refractivity contribution in [2.75, 3.05) is 0 Å². The number of fused-ring (bicyclic) bond motifs is 3. The van der Waals surface area contributed by atoms with Gasteiger partial charge in [0, 0.05) is 35.3 Å². The van der Waals surface area contributed by atoms with E-state index in [0.717, 1.165) is 18.4 Å². The van der Waals surface area contributed by atoms with Crippen LogP contribution >= 0.6 is 0 Å². The van der Waals surface area contributed by atoms with E-state index in [1.807, 2.05) is 26.0 Å². The molecule has 35 heavy (non-hydrogen) atoms. The van der Waals surface area contributed by atoms with Gasteiger partial charge in [-0.05, 0) is 50.5 Å². The van der Waals surface area contributed by atoms with E-state index >= 15 is 0 Å². The molecular weight excluding hydrogens is 448 g/mol. The third-order valence-corrected chi connectivity index (χ3v) is 10.7. The number of hydrogen-bond acceptors (Lipinski definition) is 7. The molecule has 7 nitrogen and oxygen atoms in total. The van der Waals surface area contributed by atoms with Crippen LogP contribution in [0.25, 0.3) is 0 Å². The standard InChI is InChI=1S/C28H34O7/c1-15(29)33-19-13-18-24(2,3)34-20(30)8-10-25(18,4)17-7-11-26(5)21(16-9-12-32-14-16)22(31)23-28(26,35-23)27(17,19)6/h8-10,12,14,17-19,21,23H,7,11,13H2,1-6H3/t17-,18+,19+,21+,23+,25-,26-,27+,28+/m0/s1. The van der Waals surface area contributed by atoms with Crippen molar-refractivity contribution in [1.82, 2.24) is 0 Å². The first-order valence-corrected chi connectivity index (χ1v) is 12.7. The molecule has 1 aromatic heterocycles. The quantitative estimate of drug-likeness (QED) is 0.457. The van der Waals surface area contributed by atoms with Gasteiger partial charge in [-0.3, -0.25) is 9.59 Å². The largest absolute Gasteiger partial charge is 0.472 e. The zero-order valence-electron chi connectivity index (χ0n) is 21.3. The Balaban J connectivity index is 1.54. The van der Waals surface area contributed by atoms with E-state index in [1.54, 1.807) is 18.6 Å². The first-order valence-electron chi connectivity index (χ1n) is 12.7. The molecule has 0 aromatic carbocycles. The smallest absolute Gasteiger partial charge is 0.330 e. The van der Waals surface area contributed by atoms with Crippen molar-refractivity contribution in [3.8, 4) is 0 Å². The summed E-state index contributed by atoms with van der Waals surface area (Å²) in [6.07, 6.45) is 7.94. The van der Waals surface area contributed by atoms with Crippen LogP contribution in [0.3, 0.4) is 0 Å². The fraction of sp³-hybridized carbons (Fsp3) is 0.679.